The molecule has 0 N–H and O–H groups in total. The van der Waals surface area contributed by atoms with Gasteiger partial charge in [-0.1, -0.05) is 19.1 Å². The molecular formula is C23H35N3O4S. The molecule has 2 aliphatic heterocycles. The Morgan fingerprint density at radius 3 is 2.32 bits per heavy atom. The lowest BCUT2D eigenvalue weighted by Crippen LogP contribution is -2.48. The number of piperidine rings is 2. The number of likely N-dealkylation sites (N-methyl/N-ethyl adjacent to an activating group) is 1. The van der Waals surface area contributed by atoms with Crippen LogP contribution in [0.15, 0.2) is 29.2 Å². The van der Waals surface area contributed by atoms with Crippen molar-refractivity contribution in [3.8, 4) is 0 Å². The van der Waals surface area contributed by atoms with Gasteiger partial charge < -0.3 is 9.80 Å². The van der Waals surface area contributed by atoms with Gasteiger partial charge in [0.2, 0.25) is 15.9 Å². The SMILES string of the molecule is CC(=O)c1ccc(S(=O)(=O)N(C)CC(=O)N2CCCC(CN3CCC(C)CC3)C2)cc1. The van der Waals surface area contributed by atoms with E-state index in [1.54, 1.807) is 0 Å². The van der Waals surface area contributed by atoms with Gasteiger partial charge in [0.15, 0.2) is 5.78 Å². The van der Waals surface area contributed by atoms with Crippen LogP contribution in [0.4, 0.5) is 0 Å². The molecule has 0 saturated carbocycles. The standard InChI is InChI=1S/C23H35N3O4S/c1-18-10-13-25(14-11-18)15-20-5-4-12-26(16-20)23(28)17-24(3)31(29,30)22-8-6-21(7-9-22)19(2)27/h6-9,18,20H,4-5,10-17H2,1-3H3. The third-order valence-corrected chi connectivity index (χ3v) is 8.41. The maximum Gasteiger partial charge on any atom is 0.243 e. The molecule has 1 unspecified atom stereocenters. The van der Waals surface area contributed by atoms with Crippen LogP contribution in [0.3, 0.4) is 0 Å². The van der Waals surface area contributed by atoms with Gasteiger partial charge in [-0.25, -0.2) is 8.42 Å². The van der Waals surface area contributed by atoms with Crippen LogP contribution in [0.2, 0.25) is 0 Å². The summed E-state index contributed by atoms with van der Waals surface area (Å²) in [6, 6.07) is 5.84. The van der Waals surface area contributed by atoms with Crippen LogP contribution in [-0.2, 0) is 14.8 Å². The predicted molar refractivity (Wildman–Crippen MR) is 120 cm³/mol. The number of hydrogen-bond donors (Lipinski definition) is 0. The van der Waals surface area contributed by atoms with Crippen LogP contribution in [0.25, 0.3) is 0 Å². The van der Waals surface area contributed by atoms with E-state index in [2.05, 4.69) is 11.8 Å². The lowest BCUT2D eigenvalue weighted by Gasteiger charge is -2.38. The van der Waals surface area contributed by atoms with Crippen LogP contribution < -0.4 is 0 Å². The fourth-order valence-corrected chi connectivity index (χ4v) is 5.59. The Hall–Kier alpha value is -1.77. The van der Waals surface area contributed by atoms with E-state index in [0.717, 1.165) is 42.7 Å². The van der Waals surface area contributed by atoms with E-state index >= 15 is 0 Å². The molecule has 8 heteroatoms. The van der Waals surface area contributed by atoms with Crippen molar-refractivity contribution in [2.75, 3.05) is 46.3 Å². The minimum absolute atomic E-state index is 0.0867. The van der Waals surface area contributed by atoms with E-state index in [1.807, 2.05) is 4.90 Å². The van der Waals surface area contributed by atoms with Gasteiger partial charge >= 0.3 is 0 Å². The molecule has 2 saturated heterocycles. The fourth-order valence-electron chi connectivity index (χ4n) is 4.47. The molecule has 2 fully saturated rings. The molecule has 0 aromatic heterocycles. The minimum atomic E-state index is -3.79. The number of benzene rings is 1. The summed E-state index contributed by atoms with van der Waals surface area (Å²) in [6.45, 7) is 8.24. The molecule has 0 aliphatic carbocycles. The number of rotatable bonds is 7. The van der Waals surface area contributed by atoms with Crippen LogP contribution in [-0.4, -0.2) is 80.5 Å². The highest BCUT2D eigenvalue weighted by Gasteiger charge is 2.29. The van der Waals surface area contributed by atoms with E-state index in [0.29, 0.717) is 24.6 Å². The highest BCUT2D eigenvalue weighted by Crippen LogP contribution is 2.22. The second-order valence-corrected chi connectivity index (χ2v) is 11.2. The number of sulfonamides is 1. The van der Waals surface area contributed by atoms with Gasteiger partial charge in [-0.05, 0) is 69.7 Å². The number of ketones is 1. The minimum Gasteiger partial charge on any atom is -0.341 e. The molecule has 2 heterocycles. The number of Topliss-reactive ketones (excluding diaryl/α,β-unsaturated/α-hetero) is 1. The Bertz CT molecular complexity index is 877. The zero-order valence-electron chi connectivity index (χ0n) is 18.9. The van der Waals surface area contributed by atoms with Crippen molar-refractivity contribution < 1.29 is 18.0 Å². The molecule has 31 heavy (non-hydrogen) atoms. The smallest absolute Gasteiger partial charge is 0.243 e. The van der Waals surface area contributed by atoms with Crippen molar-refractivity contribution in [2.45, 2.75) is 44.4 Å². The van der Waals surface area contributed by atoms with Crippen molar-refractivity contribution >= 4 is 21.7 Å². The van der Waals surface area contributed by atoms with Gasteiger partial charge in [0.05, 0.1) is 11.4 Å². The van der Waals surface area contributed by atoms with Gasteiger partial charge in [-0.2, -0.15) is 4.31 Å². The van der Waals surface area contributed by atoms with E-state index < -0.39 is 10.0 Å². The zero-order valence-corrected chi connectivity index (χ0v) is 19.7. The maximum absolute atomic E-state index is 12.9. The number of carbonyl (C=O) groups excluding carboxylic acids is 2. The first-order valence-corrected chi connectivity index (χ1v) is 12.7. The topological polar surface area (TPSA) is 78.0 Å². The summed E-state index contributed by atoms with van der Waals surface area (Å²) in [6.07, 6.45) is 4.56. The van der Waals surface area contributed by atoms with Crippen LogP contribution in [0.5, 0.6) is 0 Å². The number of likely N-dealkylation sites (tertiary alicyclic amines) is 2. The summed E-state index contributed by atoms with van der Waals surface area (Å²) in [7, 11) is -2.36. The third kappa shape index (κ3) is 6.14. The molecule has 0 radical (unpaired) electrons. The maximum atomic E-state index is 12.9. The molecule has 1 aromatic carbocycles. The van der Waals surface area contributed by atoms with Crippen molar-refractivity contribution in [1.82, 2.24) is 14.1 Å². The zero-order chi connectivity index (χ0) is 22.6. The van der Waals surface area contributed by atoms with Gasteiger partial charge in [-0.3, -0.25) is 9.59 Å². The Morgan fingerprint density at radius 1 is 1.06 bits per heavy atom. The van der Waals surface area contributed by atoms with Crippen molar-refractivity contribution in [3.05, 3.63) is 29.8 Å². The molecule has 2 aliphatic rings. The normalized spacial score (nSPS) is 21.4. The van der Waals surface area contributed by atoms with Gasteiger partial charge in [-0.15, -0.1) is 0 Å². The van der Waals surface area contributed by atoms with Crippen molar-refractivity contribution in [3.63, 3.8) is 0 Å². The summed E-state index contributed by atoms with van der Waals surface area (Å²) >= 11 is 0. The summed E-state index contributed by atoms with van der Waals surface area (Å²) in [5.74, 6) is 0.985. The molecule has 1 atom stereocenters. The summed E-state index contributed by atoms with van der Waals surface area (Å²) in [5.41, 5.74) is 0.459. The van der Waals surface area contributed by atoms with Crippen LogP contribution in [0.1, 0.15) is 49.9 Å². The van der Waals surface area contributed by atoms with Crippen LogP contribution in [0, 0.1) is 11.8 Å². The Labute approximate surface area is 186 Å². The summed E-state index contributed by atoms with van der Waals surface area (Å²) in [4.78, 5) is 28.7. The first kappa shape index (κ1) is 23.9. The molecule has 7 nitrogen and oxygen atoms in total. The lowest BCUT2D eigenvalue weighted by molar-refractivity contribution is -0.133. The largest absolute Gasteiger partial charge is 0.341 e. The average molecular weight is 450 g/mol. The highest BCUT2D eigenvalue weighted by atomic mass is 32.2. The molecule has 3 rings (SSSR count). The quantitative estimate of drug-likeness (QED) is 0.598. The van der Waals surface area contributed by atoms with Gasteiger partial charge in [0, 0.05) is 32.2 Å². The average Bonchev–Trinajstić information content (AvgIpc) is 2.75. The number of hydrogen-bond acceptors (Lipinski definition) is 5. The van der Waals surface area contributed by atoms with Gasteiger partial charge in [0.25, 0.3) is 0 Å². The van der Waals surface area contributed by atoms with E-state index in [9.17, 15) is 18.0 Å². The lowest BCUT2D eigenvalue weighted by atomic mass is 9.94. The Balaban J connectivity index is 1.56. The van der Waals surface area contributed by atoms with Crippen molar-refractivity contribution in [2.24, 2.45) is 11.8 Å². The van der Waals surface area contributed by atoms with Gasteiger partial charge in [0.1, 0.15) is 0 Å². The summed E-state index contributed by atoms with van der Waals surface area (Å²) in [5, 5.41) is 0. The molecule has 172 valence electrons. The fraction of sp³-hybridized carbons (Fsp3) is 0.652. The molecule has 0 bridgehead atoms. The molecule has 0 spiro atoms. The first-order chi connectivity index (χ1) is 14.7. The van der Waals surface area contributed by atoms with E-state index in [1.165, 1.54) is 51.1 Å². The Kier molecular flexibility index (Phi) is 7.88. The molecule has 1 aromatic rings. The first-order valence-electron chi connectivity index (χ1n) is 11.2. The van der Waals surface area contributed by atoms with Crippen molar-refractivity contribution in [1.29, 1.82) is 0 Å². The third-order valence-electron chi connectivity index (χ3n) is 6.59. The number of amides is 1. The molecule has 1 amide bonds. The predicted octanol–water partition coefficient (Wildman–Crippen LogP) is 2.48. The second kappa shape index (κ2) is 10.2. The van der Waals surface area contributed by atoms with E-state index in [-0.39, 0.29) is 23.1 Å². The highest BCUT2D eigenvalue weighted by molar-refractivity contribution is 7.89. The monoisotopic (exact) mass is 449 g/mol. The van der Waals surface area contributed by atoms with E-state index in [4.69, 9.17) is 0 Å². The van der Waals surface area contributed by atoms with Crippen LogP contribution >= 0.6 is 0 Å². The Morgan fingerprint density at radius 2 is 1.71 bits per heavy atom. The molecular weight excluding hydrogens is 414 g/mol. The number of carbonyl (C=O) groups is 2. The number of nitrogens with zero attached hydrogens (tertiary/aromatic N) is 3. The summed E-state index contributed by atoms with van der Waals surface area (Å²) < 4.78 is 26.8. The second-order valence-electron chi connectivity index (χ2n) is 9.17.